The molecule has 0 aromatic heterocycles. The molecule has 0 bridgehead atoms. The lowest BCUT2D eigenvalue weighted by Crippen LogP contribution is -2.28. The maximum absolute atomic E-state index is 12.0. The Morgan fingerprint density at radius 3 is 1.84 bits per heavy atom. The van der Waals surface area contributed by atoms with E-state index < -0.39 is 30.9 Å². The predicted molar refractivity (Wildman–Crippen MR) is 68.2 cm³/mol. The Morgan fingerprint density at radius 2 is 1.47 bits per heavy atom. The largest absolute Gasteiger partial charge is 0.468 e. The monoisotopic (exact) mass is 306 g/mol. The minimum atomic E-state index is -3.88. The second-order valence-corrected chi connectivity index (χ2v) is 8.24. The fourth-order valence-electron chi connectivity index (χ4n) is 1.37. The van der Waals surface area contributed by atoms with Crippen LogP contribution in [-0.2, 0) is 29.2 Å². The molecule has 1 unspecified atom stereocenters. The SMILES string of the molecule is COC(=O)C(C)S(=O)(=O)c1ccc(S(C)(=O)=O)cc1. The molecular formula is C11H14O6S2. The van der Waals surface area contributed by atoms with Crippen LogP contribution in [0.25, 0.3) is 0 Å². The Bertz CT molecular complexity index is 670. The zero-order chi connectivity index (χ0) is 14.8. The molecule has 0 amide bonds. The molecule has 0 spiro atoms. The molecule has 6 nitrogen and oxygen atoms in total. The zero-order valence-corrected chi connectivity index (χ0v) is 12.3. The first-order valence-corrected chi connectivity index (χ1v) is 8.66. The molecule has 0 aliphatic rings. The fourth-order valence-corrected chi connectivity index (χ4v) is 3.28. The van der Waals surface area contributed by atoms with Gasteiger partial charge in [0.05, 0.1) is 16.9 Å². The van der Waals surface area contributed by atoms with Crippen molar-refractivity contribution >= 4 is 25.6 Å². The topological polar surface area (TPSA) is 94.6 Å². The summed E-state index contributed by atoms with van der Waals surface area (Å²) in [6.45, 7) is 1.21. The first kappa shape index (κ1) is 15.6. The van der Waals surface area contributed by atoms with E-state index >= 15 is 0 Å². The smallest absolute Gasteiger partial charge is 0.324 e. The van der Waals surface area contributed by atoms with Crippen LogP contribution in [0.3, 0.4) is 0 Å². The molecule has 0 heterocycles. The van der Waals surface area contributed by atoms with Crippen LogP contribution in [0.5, 0.6) is 0 Å². The number of benzene rings is 1. The van der Waals surface area contributed by atoms with Crippen molar-refractivity contribution in [2.24, 2.45) is 0 Å². The van der Waals surface area contributed by atoms with Crippen LogP contribution in [0.15, 0.2) is 34.1 Å². The summed E-state index contributed by atoms with van der Waals surface area (Å²) in [5.74, 6) is -0.868. The Labute approximate surface area is 112 Å². The molecule has 1 aromatic rings. The zero-order valence-electron chi connectivity index (χ0n) is 10.7. The third kappa shape index (κ3) is 3.32. The number of esters is 1. The van der Waals surface area contributed by atoms with Gasteiger partial charge in [-0.3, -0.25) is 4.79 Å². The van der Waals surface area contributed by atoms with E-state index in [0.717, 1.165) is 25.5 Å². The van der Waals surface area contributed by atoms with Gasteiger partial charge in [-0.1, -0.05) is 0 Å². The maximum atomic E-state index is 12.0. The van der Waals surface area contributed by atoms with E-state index in [0.29, 0.717) is 0 Å². The summed E-state index contributed by atoms with van der Waals surface area (Å²) in [6.07, 6.45) is 1.02. The third-order valence-electron chi connectivity index (χ3n) is 2.58. The van der Waals surface area contributed by atoms with Crippen LogP contribution >= 0.6 is 0 Å². The van der Waals surface area contributed by atoms with Gasteiger partial charge in [0, 0.05) is 6.26 Å². The molecule has 106 valence electrons. The first-order chi connectivity index (χ1) is 8.60. The Kier molecular flexibility index (Phi) is 4.36. The summed E-state index contributed by atoms with van der Waals surface area (Å²) in [5.41, 5.74) is 0. The van der Waals surface area contributed by atoms with Crippen molar-refractivity contribution in [3.63, 3.8) is 0 Å². The highest BCUT2D eigenvalue weighted by Crippen LogP contribution is 2.19. The van der Waals surface area contributed by atoms with Gasteiger partial charge in [0.25, 0.3) is 0 Å². The summed E-state index contributed by atoms with van der Waals surface area (Å²) >= 11 is 0. The molecule has 0 N–H and O–H groups in total. The second-order valence-electron chi connectivity index (χ2n) is 3.95. The van der Waals surface area contributed by atoms with Crippen molar-refractivity contribution in [1.29, 1.82) is 0 Å². The van der Waals surface area contributed by atoms with E-state index in [-0.39, 0.29) is 9.79 Å². The van der Waals surface area contributed by atoms with Crippen molar-refractivity contribution < 1.29 is 26.4 Å². The highest BCUT2D eigenvalue weighted by molar-refractivity contribution is 7.92. The minimum Gasteiger partial charge on any atom is -0.468 e. The van der Waals surface area contributed by atoms with Gasteiger partial charge in [-0.05, 0) is 31.2 Å². The number of carbonyl (C=O) groups excluding carboxylic acids is 1. The summed E-state index contributed by atoms with van der Waals surface area (Å²) in [4.78, 5) is 11.1. The number of sulfone groups is 2. The standard InChI is InChI=1S/C11H14O6S2/c1-8(11(12)17-2)19(15,16)10-6-4-9(5-7-10)18(3,13)14/h4-8H,1-3H3. The number of hydrogen-bond donors (Lipinski definition) is 0. The molecule has 1 atom stereocenters. The highest BCUT2D eigenvalue weighted by atomic mass is 32.2. The lowest BCUT2D eigenvalue weighted by molar-refractivity contribution is -0.139. The van der Waals surface area contributed by atoms with E-state index in [2.05, 4.69) is 4.74 Å². The quantitative estimate of drug-likeness (QED) is 0.748. The van der Waals surface area contributed by atoms with Crippen molar-refractivity contribution in [2.45, 2.75) is 22.0 Å². The minimum absolute atomic E-state index is 0.0113. The van der Waals surface area contributed by atoms with Gasteiger partial charge in [0.1, 0.15) is 0 Å². The summed E-state index contributed by atoms with van der Waals surface area (Å²) < 4.78 is 51.0. The molecule has 0 saturated carbocycles. The van der Waals surface area contributed by atoms with Gasteiger partial charge >= 0.3 is 5.97 Å². The Hall–Kier alpha value is -1.41. The molecule has 1 aromatic carbocycles. The average Bonchev–Trinajstić information content (AvgIpc) is 2.36. The fraction of sp³-hybridized carbons (Fsp3) is 0.364. The number of hydrogen-bond acceptors (Lipinski definition) is 6. The number of rotatable bonds is 4. The van der Waals surface area contributed by atoms with Crippen LogP contribution in [0.1, 0.15) is 6.92 Å². The van der Waals surface area contributed by atoms with Crippen LogP contribution in [0.4, 0.5) is 0 Å². The maximum Gasteiger partial charge on any atom is 0.324 e. The van der Waals surface area contributed by atoms with E-state index in [1.807, 2.05) is 0 Å². The van der Waals surface area contributed by atoms with Crippen molar-refractivity contribution in [3.8, 4) is 0 Å². The molecule has 0 aliphatic carbocycles. The van der Waals surface area contributed by atoms with Gasteiger partial charge in [-0.15, -0.1) is 0 Å². The molecule has 1 rings (SSSR count). The number of carbonyl (C=O) groups is 1. The van der Waals surface area contributed by atoms with E-state index in [4.69, 9.17) is 0 Å². The highest BCUT2D eigenvalue weighted by Gasteiger charge is 2.30. The van der Waals surface area contributed by atoms with Gasteiger partial charge in [0.15, 0.2) is 24.9 Å². The molecule has 19 heavy (non-hydrogen) atoms. The number of ether oxygens (including phenoxy) is 1. The first-order valence-electron chi connectivity index (χ1n) is 5.22. The van der Waals surface area contributed by atoms with Crippen molar-refractivity contribution in [1.82, 2.24) is 0 Å². The second kappa shape index (κ2) is 5.30. The van der Waals surface area contributed by atoms with E-state index in [1.165, 1.54) is 19.1 Å². The van der Waals surface area contributed by atoms with Crippen LogP contribution in [0.2, 0.25) is 0 Å². The average molecular weight is 306 g/mol. The molecular weight excluding hydrogens is 292 g/mol. The summed E-state index contributed by atoms with van der Waals surface area (Å²) in [5, 5.41) is -1.35. The van der Waals surface area contributed by atoms with E-state index in [1.54, 1.807) is 0 Å². The van der Waals surface area contributed by atoms with Gasteiger partial charge in [-0.2, -0.15) is 0 Å². The van der Waals surface area contributed by atoms with Crippen molar-refractivity contribution in [2.75, 3.05) is 13.4 Å². The van der Waals surface area contributed by atoms with Gasteiger partial charge < -0.3 is 4.74 Å². The van der Waals surface area contributed by atoms with Gasteiger partial charge in [-0.25, -0.2) is 16.8 Å². The van der Waals surface area contributed by atoms with Gasteiger partial charge in [0.2, 0.25) is 0 Å². The number of methoxy groups -OCH3 is 1. The molecule has 0 radical (unpaired) electrons. The molecule has 0 saturated heterocycles. The summed E-state index contributed by atoms with van der Waals surface area (Å²) in [6, 6.07) is 4.69. The normalized spacial score (nSPS) is 13.8. The Balaban J connectivity index is 3.21. The predicted octanol–water partition coefficient (Wildman–Crippen LogP) is 0.425. The third-order valence-corrected chi connectivity index (χ3v) is 5.76. The van der Waals surface area contributed by atoms with Crippen LogP contribution in [-0.4, -0.2) is 41.4 Å². The Morgan fingerprint density at radius 1 is 1.05 bits per heavy atom. The molecule has 0 aliphatic heterocycles. The van der Waals surface area contributed by atoms with E-state index in [9.17, 15) is 21.6 Å². The molecule has 8 heteroatoms. The lowest BCUT2D eigenvalue weighted by atomic mass is 10.4. The van der Waals surface area contributed by atoms with Crippen molar-refractivity contribution in [3.05, 3.63) is 24.3 Å². The lowest BCUT2D eigenvalue weighted by Gasteiger charge is -2.11. The summed E-state index contributed by atoms with van der Waals surface area (Å²) in [7, 11) is -6.18. The van der Waals surface area contributed by atoms with Crippen LogP contribution in [0, 0.1) is 0 Å². The molecule has 0 fully saturated rings. The van der Waals surface area contributed by atoms with Crippen LogP contribution < -0.4 is 0 Å².